The monoisotopic (exact) mass is 244 g/mol. The summed E-state index contributed by atoms with van der Waals surface area (Å²) in [6.45, 7) is 3.58. The molecular weight excluding hydrogens is 228 g/mol. The molecule has 1 aliphatic heterocycles. The Kier molecular flexibility index (Phi) is 3.25. The first-order valence-electron chi connectivity index (χ1n) is 5.42. The lowest BCUT2D eigenvalue weighted by Gasteiger charge is -2.05. The van der Waals surface area contributed by atoms with Crippen molar-refractivity contribution >= 4 is 9.84 Å². The fourth-order valence-electron chi connectivity index (χ4n) is 1.81. The van der Waals surface area contributed by atoms with Crippen LogP contribution >= 0.6 is 0 Å². The summed E-state index contributed by atoms with van der Waals surface area (Å²) < 4.78 is 24.3. The molecule has 2 heterocycles. The molecule has 6 nitrogen and oxygen atoms in total. The first-order chi connectivity index (χ1) is 7.61. The van der Waals surface area contributed by atoms with Gasteiger partial charge < -0.3 is 5.32 Å². The van der Waals surface area contributed by atoms with Crippen molar-refractivity contribution in [3.63, 3.8) is 0 Å². The number of hydrogen-bond donors (Lipinski definition) is 1. The molecular formula is C9H16N4O2S. The Balaban J connectivity index is 2.02. The second-order valence-corrected chi connectivity index (χ2v) is 6.26. The molecule has 1 saturated heterocycles. The van der Waals surface area contributed by atoms with Crippen molar-refractivity contribution in [2.75, 3.05) is 18.1 Å². The van der Waals surface area contributed by atoms with Gasteiger partial charge in [-0.2, -0.15) is 0 Å². The molecule has 1 atom stereocenters. The SMILES string of the molecule is CCNCc1cn(C2CCS(=O)(=O)C2)nn1. The van der Waals surface area contributed by atoms with Crippen LogP contribution < -0.4 is 5.32 Å². The first-order valence-corrected chi connectivity index (χ1v) is 7.24. The minimum Gasteiger partial charge on any atom is -0.311 e. The molecule has 0 amide bonds. The van der Waals surface area contributed by atoms with Gasteiger partial charge in [0.05, 0.1) is 29.4 Å². The lowest BCUT2D eigenvalue weighted by Crippen LogP contribution is -2.12. The molecule has 1 N–H and O–H groups in total. The minimum absolute atomic E-state index is 0.0344. The van der Waals surface area contributed by atoms with E-state index < -0.39 is 9.84 Å². The van der Waals surface area contributed by atoms with E-state index in [2.05, 4.69) is 15.6 Å². The topological polar surface area (TPSA) is 76.9 Å². The normalized spacial score (nSPS) is 23.7. The van der Waals surface area contributed by atoms with Crippen molar-refractivity contribution in [3.8, 4) is 0 Å². The van der Waals surface area contributed by atoms with E-state index in [9.17, 15) is 8.42 Å². The van der Waals surface area contributed by atoms with E-state index in [1.807, 2.05) is 13.1 Å². The highest BCUT2D eigenvalue weighted by molar-refractivity contribution is 7.91. The van der Waals surface area contributed by atoms with Gasteiger partial charge in [0.1, 0.15) is 0 Å². The van der Waals surface area contributed by atoms with E-state index in [0.717, 1.165) is 12.2 Å². The molecule has 7 heteroatoms. The molecule has 0 aromatic carbocycles. The highest BCUT2D eigenvalue weighted by atomic mass is 32.2. The van der Waals surface area contributed by atoms with Crippen LogP contribution in [0.2, 0.25) is 0 Å². The van der Waals surface area contributed by atoms with Gasteiger partial charge in [-0.3, -0.25) is 0 Å². The van der Waals surface area contributed by atoms with Gasteiger partial charge in [0.2, 0.25) is 0 Å². The van der Waals surface area contributed by atoms with Crippen molar-refractivity contribution < 1.29 is 8.42 Å². The number of hydrogen-bond acceptors (Lipinski definition) is 5. The maximum absolute atomic E-state index is 11.3. The molecule has 1 aliphatic rings. The number of rotatable bonds is 4. The van der Waals surface area contributed by atoms with Crippen LogP contribution in [0.1, 0.15) is 25.1 Å². The summed E-state index contributed by atoms with van der Waals surface area (Å²) in [5, 5.41) is 11.1. The third-order valence-electron chi connectivity index (χ3n) is 2.70. The summed E-state index contributed by atoms with van der Waals surface area (Å²) in [5.74, 6) is 0.455. The fraction of sp³-hybridized carbons (Fsp3) is 0.778. The third kappa shape index (κ3) is 2.59. The Morgan fingerprint density at radius 3 is 3.06 bits per heavy atom. The second-order valence-electron chi connectivity index (χ2n) is 4.03. The van der Waals surface area contributed by atoms with E-state index >= 15 is 0 Å². The van der Waals surface area contributed by atoms with Crippen LogP contribution in [0.25, 0.3) is 0 Å². The number of nitrogens with one attached hydrogen (secondary N) is 1. The molecule has 2 rings (SSSR count). The molecule has 0 spiro atoms. The van der Waals surface area contributed by atoms with Crippen molar-refractivity contribution in [1.82, 2.24) is 20.3 Å². The van der Waals surface area contributed by atoms with Crippen LogP contribution in [0.3, 0.4) is 0 Å². The van der Waals surface area contributed by atoms with Crippen LogP contribution in [0.4, 0.5) is 0 Å². The smallest absolute Gasteiger partial charge is 0.152 e. The highest BCUT2D eigenvalue weighted by Gasteiger charge is 2.29. The van der Waals surface area contributed by atoms with E-state index in [-0.39, 0.29) is 17.5 Å². The summed E-state index contributed by atoms with van der Waals surface area (Å²) in [6.07, 6.45) is 2.47. The Labute approximate surface area is 95.0 Å². The fourth-order valence-corrected chi connectivity index (χ4v) is 3.51. The number of nitrogens with zero attached hydrogens (tertiary/aromatic N) is 3. The molecule has 16 heavy (non-hydrogen) atoms. The van der Waals surface area contributed by atoms with Gasteiger partial charge in [0.15, 0.2) is 9.84 Å². The van der Waals surface area contributed by atoms with Crippen molar-refractivity contribution in [3.05, 3.63) is 11.9 Å². The van der Waals surface area contributed by atoms with Crippen LogP contribution in [0.15, 0.2) is 6.20 Å². The van der Waals surface area contributed by atoms with Gasteiger partial charge in [-0.25, -0.2) is 13.1 Å². The molecule has 90 valence electrons. The quantitative estimate of drug-likeness (QED) is 0.790. The lowest BCUT2D eigenvalue weighted by molar-refractivity contribution is 0.484. The third-order valence-corrected chi connectivity index (χ3v) is 4.45. The Hall–Kier alpha value is -0.950. The van der Waals surface area contributed by atoms with E-state index in [0.29, 0.717) is 13.0 Å². The van der Waals surface area contributed by atoms with E-state index in [1.165, 1.54) is 0 Å². The van der Waals surface area contributed by atoms with Crippen molar-refractivity contribution in [1.29, 1.82) is 0 Å². The molecule has 1 fully saturated rings. The van der Waals surface area contributed by atoms with Crippen LogP contribution in [-0.4, -0.2) is 41.5 Å². The standard InChI is InChI=1S/C9H16N4O2S/c1-2-10-5-8-6-13(12-11-8)9-3-4-16(14,15)7-9/h6,9-10H,2-5,7H2,1H3. The lowest BCUT2D eigenvalue weighted by atomic mass is 10.3. The number of aromatic nitrogens is 3. The van der Waals surface area contributed by atoms with Gasteiger partial charge in [-0.05, 0) is 13.0 Å². The maximum atomic E-state index is 11.3. The first kappa shape index (κ1) is 11.5. The van der Waals surface area contributed by atoms with Crippen LogP contribution in [0.5, 0.6) is 0 Å². The zero-order valence-corrected chi connectivity index (χ0v) is 10.1. The Bertz CT molecular complexity index is 454. The van der Waals surface area contributed by atoms with Gasteiger partial charge in [-0.15, -0.1) is 5.10 Å². The Morgan fingerprint density at radius 2 is 2.44 bits per heavy atom. The van der Waals surface area contributed by atoms with Crippen molar-refractivity contribution in [2.24, 2.45) is 0 Å². The molecule has 0 saturated carbocycles. The predicted molar refractivity (Wildman–Crippen MR) is 59.7 cm³/mol. The molecule has 0 bridgehead atoms. The highest BCUT2D eigenvalue weighted by Crippen LogP contribution is 2.22. The van der Waals surface area contributed by atoms with Crippen LogP contribution in [0, 0.1) is 0 Å². The van der Waals surface area contributed by atoms with Crippen LogP contribution in [-0.2, 0) is 16.4 Å². The summed E-state index contributed by atoms with van der Waals surface area (Å²) in [6, 6.07) is -0.0344. The zero-order chi connectivity index (χ0) is 11.6. The zero-order valence-electron chi connectivity index (χ0n) is 9.26. The summed E-state index contributed by atoms with van der Waals surface area (Å²) >= 11 is 0. The van der Waals surface area contributed by atoms with E-state index in [4.69, 9.17) is 0 Å². The molecule has 1 unspecified atom stereocenters. The largest absolute Gasteiger partial charge is 0.311 e. The minimum atomic E-state index is -2.86. The van der Waals surface area contributed by atoms with Gasteiger partial charge in [-0.1, -0.05) is 12.1 Å². The summed E-state index contributed by atoms with van der Waals surface area (Å²) in [7, 11) is -2.86. The predicted octanol–water partition coefficient (Wildman–Crippen LogP) is -0.253. The van der Waals surface area contributed by atoms with Gasteiger partial charge >= 0.3 is 0 Å². The Morgan fingerprint density at radius 1 is 1.62 bits per heavy atom. The van der Waals surface area contributed by atoms with Gasteiger partial charge in [0, 0.05) is 6.54 Å². The number of sulfone groups is 1. The molecule has 0 radical (unpaired) electrons. The second kappa shape index (κ2) is 4.50. The maximum Gasteiger partial charge on any atom is 0.152 e. The van der Waals surface area contributed by atoms with E-state index in [1.54, 1.807) is 4.68 Å². The van der Waals surface area contributed by atoms with Gasteiger partial charge in [0.25, 0.3) is 0 Å². The average Bonchev–Trinajstić information content (AvgIpc) is 2.81. The molecule has 0 aliphatic carbocycles. The summed E-state index contributed by atoms with van der Waals surface area (Å²) in [5.41, 5.74) is 0.853. The molecule has 1 aromatic rings. The molecule has 1 aromatic heterocycles. The van der Waals surface area contributed by atoms with Crippen molar-refractivity contribution in [2.45, 2.75) is 25.9 Å². The average molecular weight is 244 g/mol. The summed E-state index contributed by atoms with van der Waals surface area (Å²) in [4.78, 5) is 0.